The average molecular weight is 406 g/mol. The molecule has 5 heteroatoms. The van der Waals surface area contributed by atoms with Gasteiger partial charge in [0.15, 0.2) is 0 Å². The Kier molecular flexibility index (Phi) is 5.23. The molecule has 2 aromatic heterocycles. The Bertz CT molecular complexity index is 986. The summed E-state index contributed by atoms with van der Waals surface area (Å²) in [6, 6.07) is 15.1. The summed E-state index contributed by atoms with van der Waals surface area (Å²) in [6.07, 6.45) is 6.67. The number of aromatic nitrogens is 1. The van der Waals surface area contributed by atoms with Crippen LogP contribution in [0.25, 0.3) is 21.5 Å². The Morgan fingerprint density at radius 2 is 1.79 bits per heavy atom. The Labute approximate surface area is 176 Å². The van der Waals surface area contributed by atoms with Crippen molar-refractivity contribution in [3.05, 3.63) is 47.8 Å². The lowest BCUT2D eigenvalue weighted by Crippen LogP contribution is -2.43. The third-order valence-corrected chi connectivity index (χ3v) is 7.30. The van der Waals surface area contributed by atoms with E-state index < -0.39 is 0 Å². The third kappa shape index (κ3) is 3.88. The molecule has 1 saturated heterocycles. The van der Waals surface area contributed by atoms with Crippen molar-refractivity contribution in [2.75, 3.05) is 18.0 Å². The summed E-state index contributed by atoms with van der Waals surface area (Å²) in [5.41, 5.74) is 4.49. The summed E-state index contributed by atoms with van der Waals surface area (Å²) in [5, 5.41) is 5.42. The molecule has 0 spiro atoms. The SMILES string of the molecule is O=C(NC1CCCC1)C1CCN(c2cc(-c3ccccc3)nc3ccsc23)CC1. The van der Waals surface area contributed by atoms with Crippen LogP contribution in [0.15, 0.2) is 47.8 Å². The summed E-state index contributed by atoms with van der Waals surface area (Å²) in [7, 11) is 0. The molecule has 0 bridgehead atoms. The number of thiophene rings is 1. The summed E-state index contributed by atoms with van der Waals surface area (Å²) in [6.45, 7) is 1.85. The smallest absolute Gasteiger partial charge is 0.223 e. The summed E-state index contributed by atoms with van der Waals surface area (Å²) in [5.74, 6) is 0.429. The molecule has 1 N–H and O–H groups in total. The third-order valence-electron chi connectivity index (χ3n) is 6.37. The van der Waals surface area contributed by atoms with E-state index in [0.29, 0.717) is 6.04 Å². The minimum Gasteiger partial charge on any atom is -0.370 e. The van der Waals surface area contributed by atoms with Crippen molar-refractivity contribution in [3.63, 3.8) is 0 Å². The highest BCUT2D eigenvalue weighted by molar-refractivity contribution is 7.17. The van der Waals surface area contributed by atoms with E-state index in [2.05, 4.69) is 52.0 Å². The molecular formula is C24H27N3OS. The highest BCUT2D eigenvalue weighted by Gasteiger charge is 2.28. The van der Waals surface area contributed by atoms with Gasteiger partial charge in [-0.15, -0.1) is 11.3 Å². The van der Waals surface area contributed by atoms with Crippen LogP contribution in [0, 0.1) is 5.92 Å². The highest BCUT2D eigenvalue weighted by atomic mass is 32.1. The number of carbonyl (C=O) groups excluding carboxylic acids is 1. The summed E-state index contributed by atoms with van der Waals surface area (Å²) in [4.78, 5) is 20.0. The maximum atomic E-state index is 12.7. The number of nitrogens with one attached hydrogen (secondary N) is 1. The molecule has 3 aromatic rings. The van der Waals surface area contributed by atoms with Crippen LogP contribution in [0.4, 0.5) is 5.69 Å². The number of benzene rings is 1. The Balaban J connectivity index is 1.34. The van der Waals surface area contributed by atoms with Crippen LogP contribution in [0.3, 0.4) is 0 Å². The molecule has 1 saturated carbocycles. The Morgan fingerprint density at radius 3 is 2.55 bits per heavy atom. The molecule has 150 valence electrons. The molecule has 0 unspecified atom stereocenters. The normalized spacial score (nSPS) is 18.4. The maximum absolute atomic E-state index is 12.7. The van der Waals surface area contributed by atoms with E-state index in [1.165, 1.54) is 23.2 Å². The van der Waals surface area contributed by atoms with Gasteiger partial charge in [0.25, 0.3) is 0 Å². The zero-order valence-corrected chi connectivity index (χ0v) is 17.5. The number of carbonyl (C=O) groups is 1. The van der Waals surface area contributed by atoms with Crippen molar-refractivity contribution in [2.24, 2.45) is 5.92 Å². The quantitative estimate of drug-likeness (QED) is 0.646. The van der Waals surface area contributed by atoms with E-state index in [0.717, 1.165) is 55.5 Å². The van der Waals surface area contributed by atoms with Crippen molar-refractivity contribution in [3.8, 4) is 11.3 Å². The topological polar surface area (TPSA) is 45.2 Å². The number of hydrogen-bond acceptors (Lipinski definition) is 4. The predicted molar refractivity (Wildman–Crippen MR) is 120 cm³/mol. The van der Waals surface area contributed by atoms with Crippen LogP contribution in [-0.2, 0) is 4.79 Å². The number of hydrogen-bond donors (Lipinski definition) is 1. The lowest BCUT2D eigenvalue weighted by molar-refractivity contribution is -0.126. The van der Waals surface area contributed by atoms with Crippen LogP contribution in [-0.4, -0.2) is 30.0 Å². The van der Waals surface area contributed by atoms with Crippen LogP contribution < -0.4 is 10.2 Å². The standard InChI is InChI=1S/C24H27N3OS/c28-24(25-19-8-4-5-9-19)18-10-13-27(14-11-18)22-16-21(17-6-2-1-3-7-17)26-20-12-15-29-23(20)22/h1-3,6-7,12,15-16,18-19H,4-5,8-11,13-14H2,(H,25,28). The lowest BCUT2D eigenvalue weighted by atomic mass is 9.95. The van der Waals surface area contributed by atoms with Gasteiger partial charge < -0.3 is 10.2 Å². The molecule has 2 fully saturated rings. The molecule has 1 aliphatic carbocycles. The van der Waals surface area contributed by atoms with Gasteiger partial charge in [-0.3, -0.25) is 4.79 Å². The van der Waals surface area contributed by atoms with Crippen molar-refractivity contribution in [1.29, 1.82) is 0 Å². The molecule has 2 aliphatic rings. The largest absolute Gasteiger partial charge is 0.370 e. The van der Waals surface area contributed by atoms with Crippen LogP contribution in [0.2, 0.25) is 0 Å². The Hall–Kier alpha value is -2.40. The zero-order valence-electron chi connectivity index (χ0n) is 16.6. The van der Waals surface area contributed by atoms with Gasteiger partial charge in [0.05, 0.1) is 21.6 Å². The van der Waals surface area contributed by atoms with E-state index in [-0.39, 0.29) is 11.8 Å². The van der Waals surface area contributed by atoms with Gasteiger partial charge in [0.2, 0.25) is 5.91 Å². The first-order valence-corrected chi connectivity index (χ1v) is 11.6. The second-order valence-electron chi connectivity index (χ2n) is 8.28. The fourth-order valence-corrected chi connectivity index (χ4v) is 5.58. The number of anilines is 1. The fourth-order valence-electron chi connectivity index (χ4n) is 4.70. The number of pyridine rings is 1. The first kappa shape index (κ1) is 18.6. The fraction of sp³-hybridized carbons (Fsp3) is 0.417. The monoisotopic (exact) mass is 405 g/mol. The molecule has 5 rings (SSSR count). The second kappa shape index (κ2) is 8.15. The summed E-state index contributed by atoms with van der Waals surface area (Å²) < 4.78 is 1.25. The molecular weight excluding hydrogens is 378 g/mol. The number of amides is 1. The number of nitrogens with zero attached hydrogens (tertiary/aromatic N) is 2. The summed E-state index contributed by atoms with van der Waals surface area (Å²) >= 11 is 1.76. The van der Waals surface area contributed by atoms with Crippen molar-refractivity contribution in [1.82, 2.24) is 10.3 Å². The van der Waals surface area contributed by atoms with Crippen molar-refractivity contribution < 1.29 is 4.79 Å². The van der Waals surface area contributed by atoms with Gasteiger partial charge in [0, 0.05) is 30.6 Å². The molecule has 0 atom stereocenters. The number of fused-ring (bicyclic) bond motifs is 1. The molecule has 3 heterocycles. The van der Waals surface area contributed by atoms with Gasteiger partial charge in [-0.25, -0.2) is 4.98 Å². The van der Waals surface area contributed by atoms with Gasteiger partial charge >= 0.3 is 0 Å². The number of rotatable bonds is 4. The van der Waals surface area contributed by atoms with Crippen LogP contribution in [0.1, 0.15) is 38.5 Å². The molecule has 1 aromatic carbocycles. The minimum absolute atomic E-state index is 0.154. The maximum Gasteiger partial charge on any atom is 0.223 e. The molecule has 1 amide bonds. The van der Waals surface area contributed by atoms with Gasteiger partial charge in [0.1, 0.15) is 0 Å². The second-order valence-corrected chi connectivity index (χ2v) is 9.20. The van der Waals surface area contributed by atoms with Gasteiger partial charge in [-0.2, -0.15) is 0 Å². The minimum atomic E-state index is 0.154. The van der Waals surface area contributed by atoms with Crippen LogP contribution in [0.5, 0.6) is 0 Å². The lowest BCUT2D eigenvalue weighted by Gasteiger charge is -2.34. The predicted octanol–water partition coefficient (Wildman–Crippen LogP) is 5.24. The van der Waals surface area contributed by atoms with E-state index in [1.54, 1.807) is 11.3 Å². The van der Waals surface area contributed by atoms with E-state index in [1.807, 2.05) is 6.07 Å². The van der Waals surface area contributed by atoms with E-state index in [9.17, 15) is 4.79 Å². The van der Waals surface area contributed by atoms with Crippen molar-refractivity contribution in [2.45, 2.75) is 44.6 Å². The Morgan fingerprint density at radius 1 is 1.03 bits per heavy atom. The zero-order chi connectivity index (χ0) is 19.6. The van der Waals surface area contributed by atoms with Gasteiger partial charge in [-0.05, 0) is 43.2 Å². The number of piperidine rings is 1. The average Bonchev–Trinajstić information content (AvgIpc) is 3.45. The van der Waals surface area contributed by atoms with Gasteiger partial charge in [-0.1, -0.05) is 43.2 Å². The first-order chi connectivity index (χ1) is 14.3. The molecule has 0 radical (unpaired) electrons. The van der Waals surface area contributed by atoms with Crippen molar-refractivity contribution >= 4 is 33.1 Å². The van der Waals surface area contributed by atoms with E-state index in [4.69, 9.17) is 4.98 Å². The molecule has 29 heavy (non-hydrogen) atoms. The van der Waals surface area contributed by atoms with Crippen LogP contribution >= 0.6 is 11.3 Å². The van der Waals surface area contributed by atoms with E-state index >= 15 is 0 Å². The molecule has 1 aliphatic heterocycles. The molecule has 4 nitrogen and oxygen atoms in total. The highest BCUT2D eigenvalue weighted by Crippen LogP contribution is 2.36. The first-order valence-electron chi connectivity index (χ1n) is 10.8.